The average Bonchev–Trinajstić information content (AvgIpc) is 3.59. The minimum atomic E-state index is -0.603. The Bertz CT molecular complexity index is 2410. The molecule has 1 aliphatic carbocycles. The van der Waals surface area contributed by atoms with Crippen molar-refractivity contribution < 1.29 is 23.9 Å². The molecule has 5 aliphatic rings. The van der Waals surface area contributed by atoms with Gasteiger partial charge in [0.05, 0.1) is 11.1 Å². The topological polar surface area (TPSA) is 151 Å². The van der Waals surface area contributed by atoms with Crippen molar-refractivity contribution in [3.8, 4) is 11.8 Å². The van der Waals surface area contributed by atoms with Gasteiger partial charge in [0.15, 0.2) is 0 Å². The second kappa shape index (κ2) is 15.8. The number of benzene rings is 3. The largest absolute Gasteiger partial charge is 0.488 e. The average molecular weight is 823 g/mol. The van der Waals surface area contributed by atoms with Crippen LogP contribution in [0.25, 0.3) is 10.9 Å². The number of nitriles is 1. The summed E-state index contributed by atoms with van der Waals surface area (Å²) < 4.78 is 6.67. The molecule has 5 heterocycles. The number of hydrogen-bond acceptors (Lipinski definition) is 10. The van der Waals surface area contributed by atoms with Gasteiger partial charge in [-0.3, -0.25) is 34.4 Å². The fraction of sp³-hybridized carbons (Fsp3) is 0.458. The van der Waals surface area contributed by atoms with Gasteiger partial charge in [-0.2, -0.15) is 5.26 Å². The number of piperidine rings is 2. The zero-order valence-electron chi connectivity index (χ0n) is 35.4. The number of fused-ring (bicyclic) bond motifs is 2. The molecule has 316 valence electrons. The quantitative estimate of drug-likeness (QED) is 0.207. The number of carbonyl (C=O) groups excluding carboxylic acids is 4. The Morgan fingerprint density at radius 2 is 1.59 bits per heavy atom. The number of rotatable bonds is 9. The molecule has 1 unspecified atom stereocenters. The summed E-state index contributed by atoms with van der Waals surface area (Å²) in [4.78, 5) is 64.4. The van der Waals surface area contributed by atoms with Crippen LogP contribution in [-0.4, -0.2) is 102 Å². The van der Waals surface area contributed by atoms with Crippen LogP contribution in [0.2, 0.25) is 0 Å². The summed E-state index contributed by atoms with van der Waals surface area (Å²) in [5.41, 5.74) is 4.91. The molecule has 1 saturated carbocycles. The van der Waals surface area contributed by atoms with Gasteiger partial charge in [0.2, 0.25) is 11.8 Å². The molecule has 4 aliphatic heterocycles. The molecule has 1 atom stereocenters. The Kier molecular flexibility index (Phi) is 10.5. The van der Waals surface area contributed by atoms with Gasteiger partial charge in [0, 0.05) is 110 Å². The van der Waals surface area contributed by atoms with E-state index < -0.39 is 6.04 Å². The Morgan fingerprint density at radius 3 is 2.30 bits per heavy atom. The van der Waals surface area contributed by atoms with Crippen LogP contribution < -0.4 is 25.2 Å². The number of pyridine rings is 1. The smallest absolute Gasteiger partial charge is 0.255 e. The van der Waals surface area contributed by atoms with E-state index in [9.17, 15) is 24.4 Å². The predicted molar refractivity (Wildman–Crippen MR) is 232 cm³/mol. The van der Waals surface area contributed by atoms with Crippen molar-refractivity contribution in [2.45, 2.75) is 78.1 Å². The van der Waals surface area contributed by atoms with Gasteiger partial charge in [-0.1, -0.05) is 27.7 Å². The predicted octanol–water partition coefficient (Wildman–Crippen LogP) is 5.52. The van der Waals surface area contributed by atoms with Crippen LogP contribution in [0.4, 0.5) is 11.4 Å². The summed E-state index contributed by atoms with van der Waals surface area (Å²) in [6.45, 7) is 15.8. The van der Waals surface area contributed by atoms with Crippen LogP contribution in [-0.2, 0) is 16.1 Å². The highest BCUT2D eigenvalue weighted by molar-refractivity contribution is 6.05. The van der Waals surface area contributed by atoms with Crippen LogP contribution >= 0.6 is 0 Å². The van der Waals surface area contributed by atoms with Gasteiger partial charge < -0.3 is 24.8 Å². The SMILES string of the molecule is CC1(C)C(NC(=O)c2ccc(N3CCC(CN4CCN(c5ccc6c(c5)CN(C5CCC(=O)NC5=O)C6=O)CC4)CC3)cc2)C(C)(C)C1Oc1ccc(C#N)c2ncccc12. The number of ether oxygens (including phenoxy) is 1. The van der Waals surface area contributed by atoms with E-state index in [1.807, 2.05) is 42.5 Å². The number of piperazine rings is 1. The van der Waals surface area contributed by atoms with Gasteiger partial charge >= 0.3 is 0 Å². The van der Waals surface area contributed by atoms with E-state index in [0.717, 1.165) is 81.0 Å². The number of aromatic nitrogens is 1. The van der Waals surface area contributed by atoms with E-state index >= 15 is 0 Å². The molecule has 9 rings (SSSR count). The third kappa shape index (κ3) is 7.45. The van der Waals surface area contributed by atoms with Crippen molar-refractivity contribution in [1.29, 1.82) is 5.26 Å². The van der Waals surface area contributed by atoms with Gasteiger partial charge in [-0.25, -0.2) is 0 Å². The monoisotopic (exact) mass is 822 g/mol. The molecule has 2 N–H and O–H groups in total. The minimum Gasteiger partial charge on any atom is -0.488 e. The van der Waals surface area contributed by atoms with Crippen molar-refractivity contribution in [1.82, 2.24) is 25.4 Å². The van der Waals surface area contributed by atoms with Gasteiger partial charge in [-0.15, -0.1) is 0 Å². The maximum Gasteiger partial charge on any atom is 0.255 e. The lowest BCUT2D eigenvalue weighted by Crippen LogP contribution is -2.74. The molecule has 4 fully saturated rings. The molecule has 13 nitrogen and oxygen atoms in total. The fourth-order valence-corrected chi connectivity index (χ4v) is 11.0. The van der Waals surface area contributed by atoms with Crippen molar-refractivity contribution in [2.24, 2.45) is 16.7 Å². The van der Waals surface area contributed by atoms with Gasteiger partial charge in [0.1, 0.15) is 24.0 Å². The van der Waals surface area contributed by atoms with Crippen molar-refractivity contribution in [3.05, 3.63) is 95.2 Å². The molecule has 0 radical (unpaired) electrons. The Morgan fingerprint density at radius 1 is 0.885 bits per heavy atom. The first-order valence-corrected chi connectivity index (χ1v) is 21.7. The number of carbonyl (C=O) groups is 4. The van der Waals surface area contributed by atoms with Crippen molar-refractivity contribution >= 4 is 45.9 Å². The van der Waals surface area contributed by atoms with E-state index in [2.05, 4.69) is 82.3 Å². The minimum absolute atomic E-state index is 0.0920. The lowest BCUT2D eigenvalue weighted by molar-refractivity contribution is -0.163. The lowest BCUT2D eigenvalue weighted by atomic mass is 9.49. The molecule has 3 saturated heterocycles. The van der Waals surface area contributed by atoms with E-state index in [-0.39, 0.29) is 53.0 Å². The molecular weight excluding hydrogens is 769 g/mol. The van der Waals surface area contributed by atoms with Crippen LogP contribution in [0.5, 0.6) is 5.75 Å². The zero-order valence-corrected chi connectivity index (χ0v) is 35.4. The first-order valence-electron chi connectivity index (χ1n) is 21.7. The third-order valence-corrected chi connectivity index (χ3v) is 14.1. The number of amides is 4. The standard InChI is InChI=1S/C48H54N8O5/c1-47(2)45(48(3,4)46(47)61-39-15-9-32(27-49)41-37(39)6-5-19-50-41)52-42(58)31-7-10-34(11-8-31)54-20-17-30(18-21-54)28-53-22-24-55(25-23-53)35-12-13-36-33(26-35)29-56(44(36)60)38-14-16-40(57)51-43(38)59/h5-13,15,19,26,30,38,45-46H,14,16-18,20-25,28-29H2,1-4H3,(H,52,58)(H,51,57,59). The zero-order chi connectivity index (χ0) is 42.6. The second-order valence-electron chi connectivity index (χ2n) is 18.7. The van der Waals surface area contributed by atoms with Gasteiger partial charge in [-0.05, 0) is 97.5 Å². The van der Waals surface area contributed by atoms with E-state index in [0.29, 0.717) is 46.8 Å². The number of hydrogen-bond donors (Lipinski definition) is 2. The number of anilines is 2. The summed E-state index contributed by atoms with van der Waals surface area (Å²) in [7, 11) is 0. The normalized spacial score (nSPS) is 23.9. The number of nitrogens with one attached hydrogen (secondary N) is 2. The highest BCUT2D eigenvalue weighted by Gasteiger charge is 2.64. The third-order valence-electron chi connectivity index (χ3n) is 14.1. The van der Waals surface area contributed by atoms with Crippen LogP contribution in [0.1, 0.15) is 85.2 Å². The second-order valence-corrected chi connectivity index (χ2v) is 18.7. The molecule has 13 heteroatoms. The molecular formula is C48H54N8O5. The molecule has 4 aromatic rings. The highest BCUT2D eigenvalue weighted by Crippen LogP contribution is 2.56. The summed E-state index contributed by atoms with van der Waals surface area (Å²) in [6, 6.07) is 22.9. The van der Waals surface area contributed by atoms with Crippen molar-refractivity contribution in [2.75, 3.05) is 55.6 Å². The maximum absolute atomic E-state index is 13.6. The maximum atomic E-state index is 13.6. The first kappa shape index (κ1) is 40.4. The lowest BCUT2D eigenvalue weighted by Gasteiger charge is -2.63. The summed E-state index contributed by atoms with van der Waals surface area (Å²) in [5, 5.41) is 16.1. The van der Waals surface area contributed by atoms with Crippen molar-refractivity contribution in [3.63, 3.8) is 0 Å². The molecule has 3 aromatic carbocycles. The van der Waals surface area contributed by atoms with Crippen LogP contribution in [0.3, 0.4) is 0 Å². The summed E-state index contributed by atoms with van der Waals surface area (Å²) in [6.07, 6.45) is 4.36. The Labute approximate surface area is 357 Å². The first-order chi connectivity index (χ1) is 29.3. The highest BCUT2D eigenvalue weighted by atomic mass is 16.5. The van der Waals surface area contributed by atoms with E-state index in [1.54, 1.807) is 17.2 Å². The Balaban J connectivity index is 0.733. The molecule has 0 bridgehead atoms. The molecule has 4 amide bonds. The molecule has 1 aromatic heterocycles. The fourth-order valence-electron chi connectivity index (χ4n) is 11.0. The summed E-state index contributed by atoms with van der Waals surface area (Å²) >= 11 is 0. The number of nitrogens with zero attached hydrogens (tertiary/aromatic N) is 6. The van der Waals surface area contributed by atoms with Crippen LogP contribution in [0.15, 0.2) is 72.9 Å². The molecule has 0 spiro atoms. The summed E-state index contributed by atoms with van der Waals surface area (Å²) in [5.74, 6) is 0.425. The van der Waals surface area contributed by atoms with E-state index in [1.165, 1.54) is 0 Å². The van der Waals surface area contributed by atoms with Crippen LogP contribution in [0, 0.1) is 28.1 Å². The van der Waals surface area contributed by atoms with Gasteiger partial charge in [0.25, 0.3) is 11.8 Å². The molecule has 61 heavy (non-hydrogen) atoms. The van der Waals surface area contributed by atoms with E-state index in [4.69, 9.17) is 4.74 Å². The Hall–Kier alpha value is -6.00. The number of imide groups is 1.